The summed E-state index contributed by atoms with van der Waals surface area (Å²) in [4.78, 5) is 10.5. The first-order chi connectivity index (χ1) is 18.1. The number of alkyl halides is 2. The van der Waals surface area contributed by atoms with Crippen LogP contribution in [0.2, 0.25) is 0 Å². The van der Waals surface area contributed by atoms with Crippen molar-refractivity contribution in [3.63, 3.8) is 0 Å². The van der Waals surface area contributed by atoms with E-state index in [9.17, 15) is 0 Å². The highest BCUT2D eigenvalue weighted by molar-refractivity contribution is 6.43. The smallest absolute Gasteiger partial charge is 0.0967 e. The van der Waals surface area contributed by atoms with Gasteiger partial charge in [-0.15, -0.1) is 23.2 Å². The molecular weight excluding hydrogens is 507 g/mol. The molecular formula is C34H44Cl2N2. The third-order valence-corrected chi connectivity index (χ3v) is 6.68. The number of hydrogen-bond donors (Lipinski definition) is 0. The Balaban J connectivity index is 0.00000161. The summed E-state index contributed by atoms with van der Waals surface area (Å²) in [6.07, 6.45) is 5.16. The van der Waals surface area contributed by atoms with Crippen LogP contribution >= 0.6 is 23.2 Å². The van der Waals surface area contributed by atoms with Crippen LogP contribution in [0.3, 0.4) is 0 Å². The minimum atomic E-state index is 0.194. The van der Waals surface area contributed by atoms with Gasteiger partial charge in [-0.3, -0.25) is 9.98 Å². The van der Waals surface area contributed by atoms with E-state index < -0.39 is 0 Å². The highest BCUT2D eigenvalue weighted by Gasteiger charge is 2.13. The second kappa shape index (κ2) is 15.9. The molecule has 0 N–H and O–H groups in total. The van der Waals surface area contributed by atoms with Crippen LogP contribution in [-0.4, -0.2) is 16.8 Å². The molecule has 0 unspecified atom stereocenters. The summed E-state index contributed by atoms with van der Waals surface area (Å²) in [5.41, 5.74) is 14.7. The van der Waals surface area contributed by atoms with Crippen LogP contribution in [0, 0.1) is 48.5 Å². The molecule has 0 saturated carbocycles. The fraction of sp³-hybridized carbons (Fsp3) is 0.412. The number of unbranched alkanes of at least 4 members (excludes halogenated alkanes) is 1. The molecule has 0 spiro atoms. The largest absolute Gasteiger partial charge is 0.251 e. The van der Waals surface area contributed by atoms with Crippen molar-refractivity contribution < 1.29 is 0 Å². The Labute approximate surface area is 241 Å². The van der Waals surface area contributed by atoms with Crippen molar-refractivity contribution in [2.75, 3.05) is 5.34 Å². The molecule has 3 aromatic carbocycles. The van der Waals surface area contributed by atoms with Gasteiger partial charge in [0.15, 0.2) is 0 Å². The molecule has 3 aromatic rings. The summed E-state index contributed by atoms with van der Waals surface area (Å²) in [7, 11) is 0. The first-order valence-corrected chi connectivity index (χ1v) is 14.6. The SMILES string of the molecule is CCC(=Nc1c(C)cc(C)cc1C)C(CCCCc1ccc(C)cc1)=Nc1c(C)cc(C)cc1C.ClCCl. The van der Waals surface area contributed by atoms with E-state index >= 15 is 0 Å². The molecule has 0 radical (unpaired) electrons. The molecule has 0 atom stereocenters. The summed E-state index contributed by atoms with van der Waals surface area (Å²) in [6.45, 7) is 17.3. The average molecular weight is 552 g/mol. The van der Waals surface area contributed by atoms with E-state index in [0.717, 1.165) is 54.9 Å². The first-order valence-electron chi connectivity index (χ1n) is 13.6. The van der Waals surface area contributed by atoms with Crippen LogP contribution < -0.4 is 0 Å². The van der Waals surface area contributed by atoms with Crippen LogP contribution in [0.5, 0.6) is 0 Å². The Morgan fingerprint density at radius 2 is 1.03 bits per heavy atom. The van der Waals surface area contributed by atoms with E-state index in [-0.39, 0.29) is 5.34 Å². The standard InChI is InChI=1S/C33H42N2.CH2Cl2/c1-9-30(34-32-25(5)18-23(3)19-26(32)6)31(35-33-27(7)20-24(4)21-28(33)8)13-11-10-12-29-16-14-22(2)15-17-29;2-1-3/h14-21H,9-13H2,1-8H3;1H2. The third-order valence-electron chi connectivity index (χ3n) is 6.68. The molecule has 0 amide bonds. The maximum Gasteiger partial charge on any atom is 0.0967 e. The van der Waals surface area contributed by atoms with Crippen molar-refractivity contribution in [3.05, 3.63) is 93.0 Å². The molecule has 0 saturated heterocycles. The van der Waals surface area contributed by atoms with E-state index in [0.29, 0.717) is 0 Å². The van der Waals surface area contributed by atoms with Crippen LogP contribution in [0.25, 0.3) is 0 Å². The first kappa shape index (κ1) is 31.8. The number of benzene rings is 3. The summed E-state index contributed by atoms with van der Waals surface area (Å²) < 4.78 is 0. The highest BCUT2D eigenvalue weighted by Crippen LogP contribution is 2.29. The lowest BCUT2D eigenvalue weighted by atomic mass is 10.00. The lowest BCUT2D eigenvalue weighted by molar-refractivity contribution is 0.763. The topological polar surface area (TPSA) is 24.7 Å². The van der Waals surface area contributed by atoms with Crippen LogP contribution in [0.4, 0.5) is 11.4 Å². The number of nitrogens with zero attached hydrogens (tertiary/aromatic N) is 2. The van der Waals surface area contributed by atoms with Gasteiger partial charge in [-0.1, -0.05) is 72.1 Å². The van der Waals surface area contributed by atoms with Crippen molar-refractivity contribution in [1.82, 2.24) is 0 Å². The van der Waals surface area contributed by atoms with Gasteiger partial charge in [0.1, 0.15) is 0 Å². The maximum atomic E-state index is 5.29. The van der Waals surface area contributed by atoms with Crippen molar-refractivity contribution in [1.29, 1.82) is 0 Å². The number of hydrogen-bond acceptors (Lipinski definition) is 2. The molecule has 0 aromatic heterocycles. The van der Waals surface area contributed by atoms with Crippen LogP contribution in [0.15, 0.2) is 58.5 Å². The second-order valence-corrected chi connectivity index (χ2v) is 11.1. The molecule has 4 heteroatoms. The summed E-state index contributed by atoms with van der Waals surface area (Å²) in [6, 6.07) is 17.8. The fourth-order valence-corrected chi connectivity index (χ4v) is 4.96. The zero-order chi connectivity index (χ0) is 28.2. The highest BCUT2D eigenvalue weighted by atomic mass is 35.5. The molecule has 0 bridgehead atoms. The number of rotatable bonds is 9. The normalized spacial score (nSPS) is 11.8. The predicted molar refractivity (Wildman–Crippen MR) is 171 cm³/mol. The molecule has 0 aliphatic rings. The number of halogens is 2. The molecule has 38 heavy (non-hydrogen) atoms. The number of aryl methyl sites for hydroxylation is 8. The summed E-state index contributed by atoms with van der Waals surface area (Å²) in [5, 5.41) is 0.194. The van der Waals surface area contributed by atoms with Gasteiger partial charge >= 0.3 is 0 Å². The fourth-order valence-electron chi connectivity index (χ4n) is 4.96. The van der Waals surface area contributed by atoms with Crippen molar-refractivity contribution in [2.24, 2.45) is 9.98 Å². The monoisotopic (exact) mass is 550 g/mol. The Bertz CT molecular complexity index is 1210. The quantitative estimate of drug-likeness (QED) is 0.144. The molecule has 0 heterocycles. The van der Waals surface area contributed by atoms with Gasteiger partial charge in [-0.2, -0.15) is 0 Å². The molecule has 0 fully saturated rings. The molecule has 204 valence electrons. The van der Waals surface area contributed by atoms with Gasteiger partial charge in [0.05, 0.1) is 28.1 Å². The van der Waals surface area contributed by atoms with E-state index in [4.69, 9.17) is 33.2 Å². The van der Waals surface area contributed by atoms with Crippen LogP contribution in [0.1, 0.15) is 77.1 Å². The van der Waals surface area contributed by atoms with E-state index in [2.05, 4.69) is 104 Å². The molecule has 0 aliphatic carbocycles. The lowest BCUT2D eigenvalue weighted by Crippen LogP contribution is -2.14. The second-order valence-electron chi connectivity index (χ2n) is 10.3. The molecule has 3 rings (SSSR count). The Kier molecular flexibility index (Phi) is 13.3. The zero-order valence-electron chi connectivity index (χ0n) is 24.5. The van der Waals surface area contributed by atoms with E-state index in [1.54, 1.807) is 0 Å². The minimum Gasteiger partial charge on any atom is -0.251 e. The molecule has 2 nitrogen and oxygen atoms in total. The maximum absolute atomic E-state index is 5.29. The Morgan fingerprint density at radius 3 is 1.45 bits per heavy atom. The Morgan fingerprint density at radius 1 is 0.605 bits per heavy atom. The number of aliphatic imine (C=N–C) groups is 2. The molecule has 0 aliphatic heterocycles. The minimum absolute atomic E-state index is 0.194. The van der Waals surface area contributed by atoms with E-state index in [1.165, 1.54) is 44.5 Å². The summed E-state index contributed by atoms with van der Waals surface area (Å²) >= 11 is 9.53. The summed E-state index contributed by atoms with van der Waals surface area (Å²) in [5.74, 6) is 0. The van der Waals surface area contributed by atoms with Gasteiger partial charge in [0, 0.05) is 0 Å². The van der Waals surface area contributed by atoms with E-state index in [1.807, 2.05) is 0 Å². The van der Waals surface area contributed by atoms with Crippen LogP contribution in [-0.2, 0) is 6.42 Å². The predicted octanol–water partition coefficient (Wildman–Crippen LogP) is 10.9. The lowest BCUT2D eigenvalue weighted by Gasteiger charge is -2.14. The van der Waals surface area contributed by atoms with Gasteiger partial charge in [0.2, 0.25) is 0 Å². The average Bonchev–Trinajstić information content (AvgIpc) is 2.84. The van der Waals surface area contributed by atoms with Crippen molar-refractivity contribution in [2.45, 2.75) is 87.5 Å². The third kappa shape index (κ3) is 9.71. The van der Waals surface area contributed by atoms with Gasteiger partial charge in [-0.25, -0.2) is 0 Å². The van der Waals surface area contributed by atoms with Gasteiger partial charge < -0.3 is 0 Å². The zero-order valence-corrected chi connectivity index (χ0v) is 26.0. The van der Waals surface area contributed by atoms with Crippen molar-refractivity contribution in [3.8, 4) is 0 Å². The van der Waals surface area contributed by atoms with Crippen molar-refractivity contribution >= 4 is 46.0 Å². The van der Waals surface area contributed by atoms with Gasteiger partial charge in [0.25, 0.3) is 0 Å². The van der Waals surface area contributed by atoms with Gasteiger partial charge in [-0.05, 0) is 108 Å². The Hall–Kier alpha value is -2.42.